The van der Waals surface area contributed by atoms with Crippen molar-refractivity contribution in [3.05, 3.63) is 58.9 Å². The number of benzene rings is 2. The van der Waals surface area contributed by atoms with Gasteiger partial charge in [-0.25, -0.2) is 13.2 Å². The summed E-state index contributed by atoms with van der Waals surface area (Å²) in [5.74, 6) is -2.28. The molecule has 0 spiro atoms. The normalized spacial score (nSPS) is 12.1. The minimum Gasteiger partial charge on any atom is -0.497 e. The van der Waals surface area contributed by atoms with Crippen molar-refractivity contribution in [3.8, 4) is 11.5 Å². The molecule has 2 rings (SSSR count). The Morgan fingerprint density at radius 1 is 0.905 bits per heavy atom. The molecule has 0 saturated carbocycles. The molecule has 112 valence electrons. The molecule has 3 nitrogen and oxygen atoms in total. The predicted molar refractivity (Wildman–Crippen MR) is 71.9 cm³/mol. The number of ether oxygens (including phenoxy) is 2. The number of halogens is 3. The quantitative estimate of drug-likeness (QED) is 0.942. The molecular formula is C15H14F3NO2. The summed E-state index contributed by atoms with van der Waals surface area (Å²) in [6.45, 7) is 0. The fourth-order valence-electron chi connectivity index (χ4n) is 2.02. The van der Waals surface area contributed by atoms with Crippen LogP contribution < -0.4 is 15.2 Å². The molecule has 0 radical (unpaired) electrons. The summed E-state index contributed by atoms with van der Waals surface area (Å²) >= 11 is 0. The van der Waals surface area contributed by atoms with Crippen LogP contribution >= 0.6 is 0 Å². The first-order valence-electron chi connectivity index (χ1n) is 6.10. The first-order valence-corrected chi connectivity index (χ1v) is 6.10. The maximum Gasteiger partial charge on any atom is 0.165 e. The molecule has 0 heterocycles. The van der Waals surface area contributed by atoms with Crippen LogP contribution in [0.2, 0.25) is 0 Å². The van der Waals surface area contributed by atoms with Crippen LogP contribution in [0.1, 0.15) is 17.2 Å². The average molecular weight is 297 g/mol. The number of hydrogen-bond donors (Lipinski definition) is 1. The van der Waals surface area contributed by atoms with E-state index >= 15 is 0 Å². The minimum absolute atomic E-state index is 0.0293. The molecule has 2 aromatic rings. The Morgan fingerprint density at radius 3 is 2.00 bits per heavy atom. The Labute approximate surface area is 120 Å². The van der Waals surface area contributed by atoms with Crippen molar-refractivity contribution in [1.29, 1.82) is 0 Å². The molecule has 0 bridgehead atoms. The highest BCUT2D eigenvalue weighted by Gasteiger charge is 2.21. The summed E-state index contributed by atoms with van der Waals surface area (Å²) in [4.78, 5) is 0. The maximum absolute atomic E-state index is 14.0. The van der Waals surface area contributed by atoms with Gasteiger partial charge in [0, 0.05) is 17.7 Å². The van der Waals surface area contributed by atoms with Crippen LogP contribution in [0.25, 0.3) is 0 Å². The van der Waals surface area contributed by atoms with Crippen LogP contribution in [0, 0.1) is 17.5 Å². The molecule has 0 aromatic heterocycles. The summed E-state index contributed by atoms with van der Waals surface area (Å²) in [5.41, 5.74) is 5.73. The van der Waals surface area contributed by atoms with Crippen molar-refractivity contribution >= 4 is 0 Å². The van der Waals surface area contributed by atoms with Crippen LogP contribution in [0.4, 0.5) is 13.2 Å². The molecule has 1 unspecified atom stereocenters. The summed E-state index contributed by atoms with van der Waals surface area (Å²) in [5, 5.41) is 0. The number of hydrogen-bond acceptors (Lipinski definition) is 3. The first-order chi connectivity index (χ1) is 9.97. The van der Waals surface area contributed by atoms with E-state index in [-0.39, 0.29) is 22.6 Å². The van der Waals surface area contributed by atoms with Gasteiger partial charge in [-0.3, -0.25) is 0 Å². The second-order valence-electron chi connectivity index (χ2n) is 4.38. The molecule has 6 heteroatoms. The molecule has 2 aromatic carbocycles. The third kappa shape index (κ3) is 2.95. The lowest BCUT2D eigenvalue weighted by atomic mass is 9.98. The second kappa shape index (κ2) is 6.05. The molecule has 0 aliphatic carbocycles. The second-order valence-corrected chi connectivity index (χ2v) is 4.38. The van der Waals surface area contributed by atoms with Gasteiger partial charge in [-0.15, -0.1) is 0 Å². The SMILES string of the molecule is COc1cc(F)c(C(N)c2ccc(OC)c(F)c2)c(F)c1. The highest BCUT2D eigenvalue weighted by molar-refractivity contribution is 5.39. The topological polar surface area (TPSA) is 44.5 Å². The summed E-state index contributed by atoms with van der Waals surface area (Å²) < 4.78 is 51.1. The minimum atomic E-state index is -1.14. The number of rotatable bonds is 4. The lowest BCUT2D eigenvalue weighted by Crippen LogP contribution is -2.16. The molecular weight excluding hydrogens is 283 g/mol. The van der Waals surface area contributed by atoms with Gasteiger partial charge in [0.05, 0.1) is 20.3 Å². The molecule has 2 N–H and O–H groups in total. The molecule has 21 heavy (non-hydrogen) atoms. The van der Waals surface area contributed by atoms with Crippen molar-refractivity contribution in [2.75, 3.05) is 14.2 Å². The average Bonchev–Trinajstić information content (AvgIpc) is 2.46. The van der Waals surface area contributed by atoms with Gasteiger partial charge in [0.15, 0.2) is 11.6 Å². The zero-order valence-electron chi connectivity index (χ0n) is 11.5. The van der Waals surface area contributed by atoms with E-state index in [9.17, 15) is 13.2 Å². The molecule has 0 aliphatic rings. The van der Waals surface area contributed by atoms with Crippen molar-refractivity contribution in [1.82, 2.24) is 0 Å². The van der Waals surface area contributed by atoms with Gasteiger partial charge in [-0.1, -0.05) is 6.07 Å². The van der Waals surface area contributed by atoms with E-state index in [1.165, 1.54) is 26.4 Å². The summed E-state index contributed by atoms with van der Waals surface area (Å²) in [6, 6.07) is 4.80. The number of methoxy groups -OCH3 is 2. The zero-order chi connectivity index (χ0) is 15.6. The van der Waals surface area contributed by atoms with Crippen molar-refractivity contribution in [3.63, 3.8) is 0 Å². The molecule has 0 fully saturated rings. The highest BCUT2D eigenvalue weighted by atomic mass is 19.1. The van der Waals surface area contributed by atoms with Crippen LogP contribution in [0.5, 0.6) is 11.5 Å². The van der Waals surface area contributed by atoms with E-state index < -0.39 is 23.5 Å². The molecule has 0 aliphatic heterocycles. The van der Waals surface area contributed by atoms with E-state index in [4.69, 9.17) is 15.2 Å². The highest BCUT2D eigenvalue weighted by Crippen LogP contribution is 2.30. The van der Waals surface area contributed by atoms with Crippen molar-refractivity contribution < 1.29 is 22.6 Å². The third-order valence-corrected chi connectivity index (χ3v) is 3.13. The van der Waals surface area contributed by atoms with E-state index in [0.29, 0.717) is 0 Å². The molecule has 1 atom stereocenters. The fourth-order valence-corrected chi connectivity index (χ4v) is 2.02. The first kappa shape index (κ1) is 15.2. The fraction of sp³-hybridized carbons (Fsp3) is 0.200. The maximum atomic E-state index is 14.0. The van der Waals surface area contributed by atoms with Gasteiger partial charge in [0.25, 0.3) is 0 Å². The summed E-state index contributed by atoms with van der Waals surface area (Å²) in [7, 11) is 2.62. The van der Waals surface area contributed by atoms with Crippen molar-refractivity contribution in [2.45, 2.75) is 6.04 Å². The standard InChI is InChI=1S/C15H14F3NO2/c1-20-9-6-11(17)14(12(18)7-9)15(19)8-3-4-13(21-2)10(16)5-8/h3-7,15H,19H2,1-2H3. The van der Waals surface area contributed by atoms with Crippen molar-refractivity contribution in [2.24, 2.45) is 5.73 Å². The Hall–Kier alpha value is -2.21. The third-order valence-electron chi connectivity index (χ3n) is 3.13. The van der Waals surface area contributed by atoms with E-state index in [0.717, 1.165) is 18.2 Å². The lowest BCUT2D eigenvalue weighted by molar-refractivity contribution is 0.386. The molecule has 0 amide bonds. The van der Waals surface area contributed by atoms with Crippen LogP contribution in [-0.4, -0.2) is 14.2 Å². The van der Waals surface area contributed by atoms with Gasteiger partial charge in [0.2, 0.25) is 0 Å². The lowest BCUT2D eigenvalue weighted by Gasteiger charge is -2.16. The Bertz CT molecular complexity index is 638. The van der Waals surface area contributed by atoms with E-state index in [1.807, 2.05) is 0 Å². The van der Waals surface area contributed by atoms with Gasteiger partial charge >= 0.3 is 0 Å². The monoisotopic (exact) mass is 297 g/mol. The smallest absolute Gasteiger partial charge is 0.165 e. The largest absolute Gasteiger partial charge is 0.497 e. The van der Waals surface area contributed by atoms with E-state index in [2.05, 4.69) is 0 Å². The van der Waals surface area contributed by atoms with Gasteiger partial charge in [-0.05, 0) is 17.7 Å². The Morgan fingerprint density at radius 2 is 1.52 bits per heavy atom. The zero-order valence-corrected chi connectivity index (χ0v) is 11.5. The van der Waals surface area contributed by atoms with Crippen LogP contribution in [0.3, 0.4) is 0 Å². The number of nitrogens with two attached hydrogens (primary N) is 1. The van der Waals surface area contributed by atoms with Crippen LogP contribution in [0.15, 0.2) is 30.3 Å². The van der Waals surface area contributed by atoms with Gasteiger partial charge < -0.3 is 15.2 Å². The van der Waals surface area contributed by atoms with Gasteiger partial charge in [-0.2, -0.15) is 0 Å². The molecule has 0 saturated heterocycles. The summed E-state index contributed by atoms with van der Waals surface area (Å²) in [6.07, 6.45) is 0. The van der Waals surface area contributed by atoms with E-state index in [1.54, 1.807) is 0 Å². The van der Waals surface area contributed by atoms with Gasteiger partial charge in [0.1, 0.15) is 17.4 Å². The Kier molecular flexibility index (Phi) is 4.37. The Balaban J connectivity index is 2.44. The van der Waals surface area contributed by atoms with Crippen LogP contribution in [-0.2, 0) is 0 Å². The predicted octanol–water partition coefficient (Wildman–Crippen LogP) is 3.17.